The van der Waals surface area contributed by atoms with Crippen LogP contribution >= 0.6 is 0 Å². The molecule has 0 aliphatic carbocycles. The number of hydrogen-bond donors (Lipinski definition) is 0. The Morgan fingerprint density at radius 2 is 2.60 bits per heavy atom. The highest BCUT2D eigenvalue weighted by molar-refractivity contribution is 6.86. The molecule has 0 aliphatic rings. The van der Waals surface area contributed by atoms with Crippen molar-refractivity contribution in [2.75, 3.05) is 0 Å². The molecule has 0 aliphatic heterocycles. The summed E-state index contributed by atoms with van der Waals surface area (Å²) in [5.74, 6) is 0. The van der Waals surface area contributed by atoms with Gasteiger partial charge in [0, 0.05) is 0 Å². The molecule has 0 atom stereocenters. The predicted molar refractivity (Wildman–Crippen MR) is 18.7 cm³/mol. The first kappa shape index (κ1) is 4.60. The molecule has 0 aromatic heterocycles. The summed E-state index contributed by atoms with van der Waals surface area (Å²) in [6.07, 6.45) is 0. The van der Waals surface area contributed by atoms with Gasteiger partial charge >= 0.3 is 7.37 Å². The first-order valence-electron chi connectivity index (χ1n) is 1.04. The molecule has 3 radical (unpaired) electrons. The number of carbonyl (C=O) groups is 1. The third-order valence-electron chi connectivity index (χ3n) is 0.134. The average Bonchev–Trinajstić information content (AvgIpc) is 1.41. The zero-order valence-corrected chi connectivity index (χ0v) is 2.55. The summed E-state index contributed by atoms with van der Waals surface area (Å²) in [6.45, 7) is 0.250. The molecule has 0 aromatic carbocycles. The predicted octanol–water partition coefficient (Wildman–Crippen LogP) is -1.14. The van der Waals surface area contributed by atoms with Gasteiger partial charge in [0.2, 0.25) is 0 Å². The molecule has 0 aromatic rings. The van der Waals surface area contributed by atoms with Crippen LogP contribution in [-0.2, 0) is 9.45 Å². The second-order valence-electron chi connectivity index (χ2n) is 0.368. The molecule has 0 fully saturated rings. The van der Waals surface area contributed by atoms with E-state index in [2.05, 4.69) is 12.4 Å². The van der Waals surface area contributed by atoms with Gasteiger partial charge in [0.25, 0.3) is 6.47 Å². The van der Waals surface area contributed by atoms with Gasteiger partial charge in [-0.15, -0.1) is 0 Å². The maximum Gasteiger partial charge on any atom is 0.306 e. The molecule has 0 saturated carbocycles. The van der Waals surface area contributed by atoms with Crippen molar-refractivity contribution in [3.63, 3.8) is 0 Å². The molecule has 0 N–H and O–H groups in total. The summed E-state index contributed by atoms with van der Waals surface area (Å²) in [6, 6.07) is 0. The zero-order valence-electron chi connectivity index (χ0n) is 2.55. The molecular weight excluding hydrogens is 65.6 g/mol. The Hall–Kier alpha value is -0.400. The molecule has 0 heterocycles. The van der Waals surface area contributed by atoms with Gasteiger partial charge in [-0.25, -0.2) is 0 Å². The Kier molecular flexibility index (Phi) is 3.31. The maximum absolute atomic E-state index is 9.07. The highest BCUT2D eigenvalue weighted by Gasteiger charge is 1.68. The van der Waals surface area contributed by atoms with Gasteiger partial charge in [0.15, 0.2) is 0 Å². The monoisotopic (exact) mass is 67.0 g/mol. The van der Waals surface area contributed by atoms with Crippen LogP contribution in [0.5, 0.6) is 0 Å². The summed E-state index contributed by atoms with van der Waals surface area (Å²) < 4.78 is 3.81. The molecule has 5 heavy (non-hydrogen) atoms. The molecule has 2 nitrogen and oxygen atoms in total. The van der Waals surface area contributed by atoms with Gasteiger partial charge in [0.1, 0.15) is 0 Å². The minimum Gasteiger partial charge on any atom is -0.552 e. The van der Waals surface area contributed by atoms with E-state index in [1.165, 1.54) is 0 Å². The van der Waals surface area contributed by atoms with Gasteiger partial charge in [-0.2, -0.15) is 0 Å². The van der Waals surface area contributed by atoms with Crippen molar-refractivity contribution >= 4 is 21.6 Å². The van der Waals surface area contributed by atoms with E-state index >= 15 is 0 Å². The van der Waals surface area contributed by atoms with Crippen LogP contribution in [0.15, 0.2) is 0 Å². The van der Waals surface area contributed by atoms with E-state index in [0.29, 0.717) is 0 Å². The smallest absolute Gasteiger partial charge is 0.306 e. The Bertz CT molecular complexity index is 28.8. The normalized spacial score (nSPS) is 5.60. The van der Waals surface area contributed by atoms with Crippen LogP contribution in [0.25, 0.3) is 0 Å². The molecular formula is CHB2O2. The zero-order chi connectivity index (χ0) is 4.12. The van der Waals surface area contributed by atoms with Gasteiger partial charge < -0.3 is 4.65 Å². The summed E-state index contributed by atoms with van der Waals surface area (Å²) in [5.41, 5.74) is 0. The Labute approximate surface area is 32.2 Å². The van der Waals surface area contributed by atoms with E-state index in [9.17, 15) is 0 Å². The van der Waals surface area contributed by atoms with Gasteiger partial charge in [-0.3, -0.25) is 4.79 Å². The molecule has 0 spiro atoms. The first-order chi connectivity index (χ1) is 2.41. The van der Waals surface area contributed by atoms with Crippen molar-refractivity contribution in [3.05, 3.63) is 0 Å². The van der Waals surface area contributed by atoms with Crippen LogP contribution in [0.4, 0.5) is 0 Å². The quantitative estimate of drug-likeness (QED) is 0.301. The van der Waals surface area contributed by atoms with Crippen molar-refractivity contribution in [3.8, 4) is 0 Å². The molecule has 0 saturated heterocycles. The lowest BCUT2D eigenvalue weighted by atomic mass is 9.72. The topological polar surface area (TPSA) is 26.3 Å². The van der Waals surface area contributed by atoms with E-state index in [1.807, 2.05) is 0 Å². The third-order valence-corrected chi connectivity index (χ3v) is 0.134. The fraction of sp³-hybridized carbons (Fsp3) is 0. The summed E-state index contributed by atoms with van der Waals surface area (Å²) in [7, 11) is 5.37. The van der Waals surface area contributed by atoms with E-state index in [4.69, 9.17) is 4.79 Å². The lowest BCUT2D eigenvalue weighted by molar-refractivity contribution is -0.120. The highest BCUT2D eigenvalue weighted by atomic mass is 16.5. The van der Waals surface area contributed by atoms with Crippen LogP contribution in [-0.4, -0.2) is 21.6 Å². The number of carbonyl (C=O) groups excluding carboxylic acids is 1. The first-order valence-corrected chi connectivity index (χ1v) is 1.04. The molecule has 0 rings (SSSR count). The molecule has 0 unspecified atom stereocenters. The third kappa shape index (κ3) is 3.60. The minimum atomic E-state index is 0.250. The van der Waals surface area contributed by atoms with E-state index in [0.717, 1.165) is 7.37 Å². The Morgan fingerprint density at radius 1 is 2.00 bits per heavy atom. The molecule has 0 amide bonds. The Morgan fingerprint density at radius 3 is 2.60 bits per heavy atom. The summed E-state index contributed by atoms with van der Waals surface area (Å²) in [5, 5.41) is 0. The number of rotatable bonds is 2. The Balaban J connectivity index is 2.40. The van der Waals surface area contributed by atoms with Crippen LogP contribution in [0.2, 0.25) is 0 Å². The van der Waals surface area contributed by atoms with Crippen molar-refractivity contribution in [1.82, 2.24) is 0 Å². The molecule has 0 bridgehead atoms. The van der Waals surface area contributed by atoms with Crippen molar-refractivity contribution in [2.45, 2.75) is 0 Å². The van der Waals surface area contributed by atoms with Crippen molar-refractivity contribution in [1.29, 1.82) is 0 Å². The average molecular weight is 66.6 g/mol. The van der Waals surface area contributed by atoms with Gasteiger partial charge in [-0.05, 0) is 0 Å². The summed E-state index contributed by atoms with van der Waals surface area (Å²) >= 11 is 0. The number of hydrogen-bond acceptors (Lipinski definition) is 2. The fourth-order valence-corrected chi connectivity index (χ4v) is 0.0321. The van der Waals surface area contributed by atoms with Crippen LogP contribution in [0.3, 0.4) is 0 Å². The van der Waals surface area contributed by atoms with E-state index < -0.39 is 0 Å². The second-order valence-corrected chi connectivity index (χ2v) is 0.368. The lowest BCUT2D eigenvalue weighted by Gasteiger charge is -1.78. The SMILES string of the molecule is [B][B]OC=O. The van der Waals surface area contributed by atoms with E-state index in [-0.39, 0.29) is 6.47 Å². The summed E-state index contributed by atoms with van der Waals surface area (Å²) in [4.78, 5) is 9.07. The standard InChI is InChI=1S/CHB2O2/c2-3-5-1-4/h1H. The van der Waals surface area contributed by atoms with Crippen molar-refractivity contribution < 1.29 is 9.45 Å². The van der Waals surface area contributed by atoms with Crippen LogP contribution in [0.1, 0.15) is 0 Å². The maximum atomic E-state index is 9.07. The molecule has 23 valence electrons. The largest absolute Gasteiger partial charge is 0.552 e. The highest BCUT2D eigenvalue weighted by Crippen LogP contribution is 1.44. The fourth-order valence-electron chi connectivity index (χ4n) is 0.0321. The van der Waals surface area contributed by atoms with Crippen LogP contribution in [0, 0.1) is 0 Å². The lowest BCUT2D eigenvalue weighted by Crippen LogP contribution is -1.92. The van der Waals surface area contributed by atoms with E-state index in [1.54, 1.807) is 0 Å². The van der Waals surface area contributed by atoms with Crippen LogP contribution < -0.4 is 0 Å². The minimum absolute atomic E-state index is 0.250. The second kappa shape index (κ2) is 3.60. The molecule has 4 heteroatoms. The van der Waals surface area contributed by atoms with Crippen molar-refractivity contribution in [2.24, 2.45) is 0 Å². The van der Waals surface area contributed by atoms with Gasteiger partial charge in [-0.1, -0.05) is 0 Å². The van der Waals surface area contributed by atoms with Gasteiger partial charge in [0.05, 0.1) is 7.74 Å².